The molecular formula is C13H14O3S. The molecule has 4 heteroatoms. The highest BCUT2D eigenvalue weighted by Crippen LogP contribution is 2.17. The highest BCUT2D eigenvalue weighted by atomic mass is 32.2. The smallest absolute Gasteiger partial charge is 0.133 e. The molecule has 2 atom stereocenters. The first-order valence-electron chi connectivity index (χ1n) is 5.33. The van der Waals surface area contributed by atoms with Gasteiger partial charge in [0.25, 0.3) is 0 Å². The first-order chi connectivity index (χ1) is 8.16. The lowest BCUT2D eigenvalue weighted by Gasteiger charge is -2.07. The average molecular weight is 250 g/mol. The summed E-state index contributed by atoms with van der Waals surface area (Å²) in [7, 11) is -1.22. The van der Waals surface area contributed by atoms with Crippen molar-refractivity contribution < 1.29 is 13.7 Å². The minimum absolute atomic E-state index is 0.149. The van der Waals surface area contributed by atoms with Gasteiger partial charge in [0.1, 0.15) is 11.9 Å². The molecule has 1 N–H and O–H groups in total. The maximum Gasteiger partial charge on any atom is 0.133 e. The van der Waals surface area contributed by atoms with Gasteiger partial charge in [-0.05, 0) is 31.2 Å². The van der Waals surface area contributed by atoms with Crippen LogP contribution in [0.4, 0.5) is 0 Å². The Kier molecular flexibility index (Phi) is 3.76. The fraction of sp³-hybridized carbons (Fsp3) is 0.231. The molecule has 0 bridgehead atoms. The summed E-state index contributed by atoms with van der Waals surface area (Å²) < 4.78 is 17.0. The van der Waals surface area contributed by atoms with E-state index < -0.39 is 16.9 Å². The molecule has 1 aromatic heterocycles. The Balaban J connectivity index is 2.04. The van der Waals surface area contributed by atoms with Gasteiger partial charge >= 0.3 is 0 Å². The lowest BCUT2D eigenvalue weighted by molar-refractivity contribution is 0.173. The van der Waals surface area contributed by atoms with Crippen LogP contribution >= 0.6 is 0 Å². The third-order valence-corrected chi connectivity index (χ3v) is 3.88. The monoisotopic (exact) mass is 250 g/mol. The average Bonchev–Trinajstić information content (AvgIpc) is 2.83. The van der Waals surface area contributed by atoms with Gasteiger partial charge in [0.2, 0.25) is 0 Å². The number of aliphatic hydroxyl groups is 1. The quantitative estimate of drug-likeness (QED) is 0.906. The molecule has 0 unspecified atom stereocenters. The van der Waals surface area contributed by atoms with Crippen LogP contribution in [0.1, 0.15) is 17.4 Å². The summed E-state index contributed by atoms with van der Waals surface area (Å²) in [6.07, 6.45) is 0.667. The molecule has 0 aliphatic carbocycles. The molecule has 0 fully saturated rings. The van der Waals surface area contributed by atoms with Gasteiger partial charge in [-0.25, -0.2) is 0 Å². The van der Waals surface area contributed by atoms with E-state index in [9.17, 15) is 9.32 Å². The molecule has 1 aromatic carbocycles. The Morgan fingerprint density at radius 1 is 1.29 bits per heavy atom. The SMILES string of the molecule is Cc1ccc([S@](=O)C[C@H](O)c2ccco2)cc1. The predicted octanol–water partition coefficient (Wildman–Crippen LogP) is 2.43. The second-order valence-corrected chi connectivity index (χ2v) is 5.35. The number of hydrogen-bond acceptors (Lipinski definition) is 3. The first kappa shape index (κ1) is 12.1. The van der Waals surface area contributed by atoms with Crippen LogP contribution in [0.2, 0.25) is 0 Å². The summed E-state index contributed by atoms with van der Waals surface area (Å²) >= 11 is 0. The first-order valence-corrected chi connectivity index (χ1v) is 6.65. The second-order valence-electron chi connectivity index (χ2n) is 3.86. The van der Waals surface area contributed by atoms with Crippen molar-refractivity contribution in [3.8, 4) is 0 Å². The van der Waals surface area contributed by atoms with Crippen LogP contribution in [0.15, 0.2) is 52.0 Å². The van der Waals surface area contributed by atoms with Gasteiger partial charge in [-0.3, -0.25) is 4.21 Å². The van der Waals surface area contributed by atoms with E-state index in [2.05, 4.69) is 0 Å². The van der Waals surface area contributed by atoms with Gasteiger partial charge in [-0.15, -0.1) is 0 Å². The maximum atomic E-state index is 12.0. The predicted molar refractivity (Wildman–Crippen MR) is 66.1 cm³/mol. The van der Waals surface area contributed by atoms with E-state index in [0.717, 1.165) is 10.5 Å². The summed E-state index contributed by atoms with van der Waals surface area (Å²) in [4.78, 5) is 0.723. The van der Waals surface area contributed by atoms with Gasteiger partial charge in [-0.1, -0.05) is 17.7 Å². The Morgan fingerprint density at radius 3 is 2.59 bits per heavy atom. The van der Waals surface area contributed by atoms with E-state index in [1.165, 1.54) is 6.26 Å². The molecular weight excluding hydrogens is 236 g/mol. The van der Waals surface area contributed by atoms with Crippen LogP contribution in [0.3, 0.4) is 0 Å². The molecule has 90 valence electrons. The van der Waals surface area contributed by atoms with Crippen LogP contribution < -0.4 is 0 Å². The zero-order valence-electron chi connectivity index (χ0n) is 9.50. The molecule has 1 heterocycles. The largest absolute Gasteiger partial charge is 0.467 e. The summed E-state index contributed by atoms with van der Waals surface area (Å²) in [6.45, 7) is 1.98. The molecule has 0 saturated carbocycles. The van der Waals surface area contributed by atoms with Gasteiger partial charge in [0.15, 0.2) is 0 Å². The number of rotatable bonds is 4. The van der Waals surface area contributed by atoms with E-state index in [1.54, 1.807) is 12.1 Å². The number of aryl methyl sites for hydroxylation is 1. The van der Waals surface area contributed by atoms with Crippen molar-refractivity contribution in [2.75, 3.05) is 5.75 Å². The van der Waals surface area contributed by atoms with Crippen molar-refractivity contribution >= 4 is 10.8 Å². The summed E-state index contributed by atoms with van der Waals surface area (Å²) in [5, 5.41) is 9.81. The van der Waals surface area contributed by atoms with Gasteiger partial charge in [0.05, 0.1) is 22.8 Å². The van der Waals surface area contributed by atoms with Crippen LogP contribution in [0.25, 0.3) is 0 Å². The summed E-state index contributed by atoms with van der Waals surface area (Å²) in [5.74, 6) is 0.599. The van der Waals surface area contributed by atoms with Crippen LogP contribution in [0, 0.1) is 6.92 Å². The van der Waals surface area contributed by atoms with E-state index in [4.69, 9.17) is 4.42 Å². The molecule has 0 saturated heterocycles. The zero-order chi connectivity index (χ0) is 12.3. The lowest BCUT2D eigenvalue weighted by atomic mass is 10.2. The van der Waals surface area contributed by atoms with Crippen molar-refractivity contribution in [1.29, 1.82) is 0 Å². The zero-order valence-corrected chi connectivity index (χ0v) is 10.3. The fourth-order valence-electron chi connectivity index (χ4n) is 1.49. The molecule has 0 radical (unpaired) electrons. The second kappa shape index (κ2) is 5.29. The van der Waals surface area contributed by atoms with Crippen LogP contribution in [-0.2, 0) is 10.8 Å². The molecule has 2 aromatic rings. The number of benzene rings is 1. The van der Waals surface area contributed by atoms with Crippen molar-refractivity contribution in [2.24, 2.45) is 0 Å². The summed E-state index contributed by atoms with van der Waals surface area (Å²) in [5.41, 5.74) is 1.12. The molecule has 0 aliphatic heterocycles. The van der Waals surface area contributed by atoms with Crippen LogP contribution in [-0.4, -0.2) is 15.1 Å². The molecule has 17 heavy (non-hydrogen) atoms. The van der Waals surface area contributed by atoms with Gasteiger partial charge in [-0.2, -0.15) is 0 Å². The molecule has 0 spiro atoms. The van der Waals surface area contributed by atoms with Crippen molar-refractivity contribution in [1.82, 2.24) is 0 Å². The van der Waals surface area contributed by atoms with Crippen LogP contribution in [0.5, 0.6) is 0 Å². The topological polar surface area (TPSA) is 50.4 Å². The highest BCUT2D eigenvalue weighted by molar-refractivity contribution is 7.85. The Hall–Kier alpha value is -1.39. The van der Waals surface area contributed by atoms with Crippen molar-refractivity contribution in [2.45, 2.75) is 17.9 Å². The third kappa shape index (κ3) is 3.05. The minimum atomic E-state index is -1.22. The number of aliphatic hydroxyl groups excluding tert-OH is 1. The van der Waals surface area contributed by atoms with E-state index in [0.29, 0.717) is 5.76 Å². The minimum Gasteiger partial charge on any atom is -0.467 e. The molecule has 2 rings (SSSR count). The van der Waals surface area contributed by atoms with Crippen molar-refractivity contribution in [3.63, 3.8) is 0 Å². The van der Waals surface area contributed by atoms with E-state index in [-0.39, 0.29) is 5.75 Å². The Morgan fingerprint density at radius 2 is 2.00 bits per heavy atom. The number of hydrogen-bond donors (Lipinski definition) is 1. The normalized spacial score (nSPS) is 14.5. The molecule has 0 aliphatic rings. The lowest BCUT2D eigenvalue weighted by Crippen LogP contribution is -2.08. The van der Waals surface area contributed by atoms with E-state index >= 15 is 0 Å². The fourth-order valence-corrected chi connectivity index (χ4v) is 2.58. The Labute approximate surface area is 103 Å². The molecule has 3 nitrogen and oxygen atoms in total. The number of furan rings is 1. The van der Waals surface area contributed by atoms with Gasteiger partial charge in [0, 0.05) is 4.90 Å². The Bertz CT molecular complexity index is 488. The standard InChI is InChI=1S/C13H14O3S/c1-10-4-6-11(7-5-10)17(15)9-12(14)13-3-2-8-16-13/h2-8,12,14H,9H2,1H3/t12-,17+/m0/s1. The summed E-state index contributed by atoms with van der Waals surface area (Å²) in [6, 6.07) is 10.8. The van der Waals surface area contributed by atoms with E-state index in [1.807, 2.05) is 31.2 Å². The van der Waals surface area contributed by atoms with Gasteiger partial charge < -0.3 is 9.52 Å². The maximum absolute atomic E-state index is 12.0. The van der Waals surface area contributed by atoms with Crippen molar-refractivity contribution in [3.05, 3.63) is 54.0 Å². The highest BCUT2D eigenvalue weighted by Gasteiger charge is 2.15. The third-order valence-electron chi connectivity index (χ3n) is 2.46. The molecule has 0 amide bonds.